The van der Waals surface area contributed by atoms with E-state index in [1.165, 1.54) is 24.1 Å². The summed E-state index contributed by atoms with van der Waals surface area (Å²) in [6, 6.07) is 11.1. The number of para-hydroxylation sites is 1. The molecule has 1 saturated heterocycles. The third-order valence-electron chi connectivity index (χ3n) is 4.51. The molecule has 0 aromatic heterocycles. The topological polar surface area (TPSA) is 79.0 Å². The zero-order valence-electron chi connectivity index (χ0n) is 15.9. The Balaban J connectivity index is 1.67. The molecule has 0 atom stereocenters. The van der Waals surface area contributed by atoms with Crippen molar-refractivity contribution in [3.8, 4) is 5.75 Å². The molecule has 2 aromatic rings. The maximum Gasteiger partial charge on any atom is 0.418 e. The molecule has 1 N–H and O–H groups in total. The van der Waals surface area contributed by atoms with E-state index in [0.717, 1.165) is 17.0 Å². The van der Waals surface area contributed by atoms with Crippen LogP contribution in [-0.4, -0.2) is 49.4 Å². The minimum atomic E-state index is -4.64. The Morgan fingerprint density at radius 2 is 1.80 bits per heavy atom. The highest BCUT2D eigenvalue weighted by Gasteiger charge is 2.36. The molecule has 0 unspecified atom stereocenters. The Morgan fingerprint density at radius 1 is 1.07 bits per heavy atom. The highest BCUT2D eigenvalue weighted by Crippen LogP contribution is 2.34. The average Bonchev–Trinajstić information content (AvgIpc) is 2.71. The lowest BCUT2D eigenvalue weighted by Gasteiger charge is -2.33. The molecule has 0 radical (unpaired) electrons. The number of nitrogens with zero attached hydrogens (tertiary/aromatic N) is 2. The van der Waals surface area contributed by atoms with Crippen LogP contribution in [0.4, 0.5) is 24.5 Å². The number of ether oxygens (including phenoxy) is 1. The van der Waals surface area contributed by atoms with E-state index in [1.807, 2.05) is 0 Å². The van der Waals surface area contributed by atoms with Gasteiger partial charge in [-0.1, -0.05) is 18.2 Å². The highest BCUT2D eigenvalue weighted by molar-refractivity contribution is 6.41. The van der Waals surface area contributed by atoms with Crippen molar-refractivity contribution in [3.63, 3.8) is 0 Å². The number of halogens is 3. The van der Waals surface area contributed by atoms with Crippen molar-refractivity contribution in [2.45, 2.75) is 6.18 Å². The molecule has 158 valence electrons. The first kappa shape index (κ1) is 21.2. The fourth-order valence-corrected chi connectivity index (χ4v) is 3.05. The van der Waals surface area contributed by atoms with Crippen LogP contribution in [0.15, 0.2) is 48.5 Å². The highest BCUT2D eigenvalue weighted by atomic mass is 19.4. The van der Waals surface area contributed by atoms with E-state index in [4.69, 9.17) is 4.74 Å². The summed E-state index contributed by atoms with van der Waals surface area (Å²) in [4.78, 5) is 39.4. The number of carbonyl (C=O) groups excluding carboxylic acids is 3. The monoisotopic (exact) mass is 421 g/mol. The summed E-state index contributed by atoms with van der Waals surface area (Å²) in [6.45, 7) is -0.358. The van der Waals surface area contributed by atoms with Crippen LogP contribution in [0.5, 0.6) is 5.75 Å². The van der Waals surface area contributed by atoms with Gasteiger partial charge in [-0.2, -0.15) is 13.2 Å². The summed E-state index contributed by atoms with van der Waals surface area (Å²) in [5, 5.41) is 2.16. The standard InChI is InChI=1S/C20H18F3N3O4/c1-30-14-6-4-5-13(11-14)26-10-9-25(18(28)19(26)29)12-17(27)24-16-8-3-2-7-15(16)20(21,22)23/h2-8,11H,9-10,12H2,1H3,(H,24,27). The summed E-state index contributed by atoms with van der Waals surface area (Å²) in [7, 11) is 1.47. The van der Waals surface area contributed by atoms with Gasteiger partial charge in [-0.25, -0.2) is 0 Å². The van der Waals surface area contributed by atoms with Gasteiger partial charge in [0.25, 0.3) is 0 Å². The first-order valence-corrected chi connectivity index (χ1v) is 8.91. The van der Waals surface area contributed by atoms with Gasteiger partial charge in [-0.05, 0) is 24.3 Å². The average molecular weight is 421 g/mol. The minimum absolute atomic E-state index is 0.0517. The number of piperazine rings is 1. The van der Waals surface area contributed by atoms with Crippen molar-refractivity contribution in [1.29, 1.82) is 0 Å². The number of amides is 3. The van der Waals surface area contributed by atoms with Gasteiger partial charge in [0, 0.05) is 24.8 Å². The Morgan fingerprint density at radius 3 is 2.50 bits per heavy atom. The molecule has 0 saturated carbocycles. The van der Waals surface area contributed by atoms with Crippen LogP contribution >= 0.6 is 0 Å². The number of anilines is 2. The molecular weight excluding hydrogens is 403 g/mol. The fourth-order valence-electron chi connectivity index (χ4n) is 3.05. The van der Waals surface area contributed by atoms with E-state index in [-0.39, 0.29) is 13.1 Å². The van der Waals surface area contributed by atoms with E-state index < -0.39 is 41.7 Å². The SMILES string of the molecule is COc1cccc(N2CCN(CC(=O)Nc3ccccc3C(F)(F)F)C(=O)C2=O)c1. The second kappa shape index (κ2) is 8.44. The number of benzene rings is 2. The van der Waals surface area contributed by atoms with Gasteiger partial charge in [-0.3, -0.25) is 14.4 Å². The normalized spacial score (nSPS) is 14.7. The van der Waals surface area contributed by atoms with Gasteiger partial charge in [0.15, 0.2) is 0 Å². The first-order chi connectivity index (χ1) is 14.2. The van der Waals surface area contributed by atoms with Crippen molar-refractivity contribution in [3.05, 3.63) is 54.1 Å². The molecule has 0 spiro atoms. The maximum absolute atomic E-state index is 13.1. The zero-order chi connectivity index (χ0) is 21.9. The van der Waals surface area contributed by atoms with Crippen LogP contribution < -0.4 is 15.0 Å². The summed E-state index contributed by atoms with van der Waals surface area (Å²) < 4.78 is 44.3. The molecule has 10 heteroatoms. The van der Waals surface area contributed by atoms with Gasteiger partial charge in [0.1, 0.15) is 12.3 Å². The van der Waals surface area contributed by atoms with Gasteiger partial charge in [-0.15, -0.1) is 0 Å². The van der Waals surface area contributed by atoms with Crippen molar-refractivity contribution in [2.24, 2.45) is 0 Å². The van der Waals surface area contributed by atoms with Gasteiger partial charge < -0.3 is 19.9 Å². The lowest BCUT2D eigenvalue weighted by Crippen LogP contribution is -2.56. The maximum atomic E-state index is 13.1. The van der Waals surface area contributed by atoms with Crippen molar-refractivity contribution in [2.75, 3.05) is 37.0 Å². The summed E-state index contributed by atoms with van der Waals surface area (Å²) >= 11 is 0. The van der Waals surface area contributed by atoms with E-state index in [0.29, 0.717) is 11.4 Å². The molecule has 0 bridgehead atoms. The summed E-state index contributed by atoms with van der Waals surface area (Å²) in [5.41, 5.74) is -0.941. The van der Waals surface area contributed by atoms with Crippen molar-refractivity contribution < 1.29 is 32.3 Å². The van der Waals surface area contributed by atoms with Gasteiger partial charge in [0.2, 0.25) is 5.91 Å². The van der Waals surface area contributed by atoms with Crippen LogP contribution in [0.2, 0.25) is 0 Å². The van der Waals surface area contributed by atoms with Gasteiger partial charge in [0.05, 0.1) is 18.4 Å². The molecule has 1 heterocycles. The number of rotatable bonds is 5. The Hall–Kier alpha value is -3.56. The predicted octanol–water partition coefficient (Wildman–Crippen LogP) is 2.53. The zero-order valence-corrected chi connectivity index (χ0v) is 15.9. The molecule has 2 aromatic carbocycles. The number of nitrogens with one attached hydrogen (secondary N) is 1. The van der Waals surface area contributed by atoms with Crippen molar-refractivity contribution in [1.82, 2.24) is 4.90 Å². The first-order valence-electron chi connectivity index (χ1n) is 8.91. The van der Waals surface area contributed by atoms with Crippen LogP contribution in [-0.2, 0) is 20.6 Å². The van der Waals surface area contributed by atoms with Crippen LogP contribution in [0, 0.1) is 0 Å². The third kappa shape index (κ3) is 4.53. The Bertz CT molecular complexity index is 978. The molecule has 7 nitrogen and oxygen atoms in total. The number of methoxy groups -OCH3 is 1. The predicted molar refractivity (Wildman–Crippen MR) is 102 cm³/mol. The molecule has 1 fully saturated rings. The Labute approximate surface area is 170 Å². The number of hydrogen-bond donors (Lipinski definition) is 1. The van der Waals surface area contributed by atoms with E-state index in [1.54, 1.807) is 24.3 Å². The molecule has 0 aliphatic carbocycles. The molecule has 1 aliphatic heterocycles. The second-order valence-corrected chi connectivity index (χ2v) is 6.48. The molecule has 30 heavy (non-hydrogen) atoms. The van der Waals surface area contributed by atoms with E-state index in [2.05, 4.69) is 5.32 Å². The molecule has 3 rings (SSSR count). The molecule has 1 aliphatic rings. The quantitative estimate of drug-likeness (QED) is 0.753. The van der Waals surface area contributed by atoms with Gasteiger partial charge >= 0.3 is 18.0 Å². The minimum Gasteiger partial charge on any atom is -0.497 e. The lowest BCUT2D eigenvalue weighted by molar-refractivity contribution is -0.147. The van der Waals surface area contributed by atoms with E-state index in [9.17, 15) is 27.6 Å². The second-order valence-electron chi connectivity index (χ2n) is 6.48. The van der Waals surface area contributed by atoms with E-state index >= 15 is 0 Å². The van der Waals surface area contributed by atoms with Crippen LogP contribution in [0.3, 0.4) is 0 Å². The van der Waals surface area contributed by atoms with Crippen LogP contribution in [0.25, 0.3) is 0 Å². The number of alkyl halides is 3. The van der Waals surface area contributed by atoms with Crippen molar-refractivity contribution >= 4 is 29.1 Å². The largest absolute Gasteiger partial charge is 0.497 e. The van der Waals surface area contributed by atoms with Crippen LogP contribution in [0.1, 0.15) is 5.56 Å². The molecule has 3 amide bonds. The number of hydrogen-bond acceptors (Lipinski definition) is 4. The fraction of sp³-hybridized carbons (Fsp3) is 0.250. The molecular formula is C20H18F3N3O4. The number of carbonyl (C=O) groups is 3. The summed E-state index contributed by atoms with van der Waals surface area (Å²) in [5.74, 6) is -2.07. The smallest absolute Gasteiger partial charge is 0.418 e. The summed E-state index contributed by atoms with van der Waals surface area (Å²) in [6.07, 6.45) is -4.64. The lowest BCUT2D eigenvalue weighted by atomic mass is 10.1. The third-order valence-corrected chi connectivity index (χ3v) is 4.51. The Kier molecular flexibility index (Phi) is 5.95.